The van der Waals surface area contributed by atoms with Crippen LogP contribution in [0.25, 0.3) is 0 Å². The Hall–Kier alpha value is -3.31. The minimum absolute atomic E-state index is 0.0778. The molecule has 0 spiro atoms. The van der Waals surface area contributed by atoms with Gasteiger partial charge in [-0.1, -0.05) is 64.0 Å². The van der Waals surface area contributed by atoms with Crippen molar-refractivity contribution in [2.24, 2.45) is 5.10 Å². The minimum Gasteiger partial charge on any atom is -0.484 e. The Bertz CT molecular complexity index is 1020. The SMILES string of the molecule is C#Cc1cc(C(=S)N/N=C/c2ccc(CCC(=O)O)cc2C)ccc1OC(CF)CF.CC.CC. The summed E-state index contributed by atoms with van der Waals surface area (Å²) in [6, 6.07) is 10.3. The van der Waals surface area contributed by atoms with Gasteiger partial charge in [0.1, 0.15) is 24.1 Å². The van der Waals surface area contributed by atoms with Crippen LogP contribution in [0.2, 0.25) is 0 Å². The number of aliphatic carboxylic acids is 1. The van der Waals surface area contributed by atoms with Crippen LogP contribution < -0.4 is 10.2 Å². The zero-order valence-electron chi connectivity index (χ0n) is 20.9. The van der Waals surface area contributed by atoms with E-state index in [0.29, 0.717) is 22.5 Å². The van der Waals surface area contributed by atoms with Gasteiger partial charge >= 0.3 is 5.97 Å². The summed E-state index contributed by atoms with van der Waals surface area (Å²) in [5.41, 5.74) is 6.40. The van der Waals surface area contributed by atoms with Gasteiger partial charge in [-0.25, -0.2) is 8.78 Å². The number of halogens is 2. The van der Waals surface area contributed by atoms with Crippen molar-refractivity contribution < 1.29 is 23.4 Å². The van der Waals surface area contributed by atoms with Gasteiger partial charge in [0.25, 0.3) is 0 Å². The Labute approximate surface area is 212 Å². The average Bonchev–Trinajstić information content (AvgIpc) is 2.89. The number of rotatable bonds is 10. The molecule has 2 rings (SSSR count). The molecule has 0 bridgehead atoms. The summed E-state index contributed by atoms with van der Waals surface area (Å²) in [5.74, 6) is 1.79. The topological polar surface area (TPSA) is 70.9 Å². The number of nitrogens with one attached hydrogen (secondary N) is 1. The second-order valence-electron chi connectivity index (χ2n) is 6.69. The summed E-state index contributed by atoms with van der Waals surface area (Å²) in [4.78, 5) is 11.0. The van der Waals surface area contributed by atoms with Crippen molar-refractivity contribution in [3.05, 3.63) is 64.2 Å². The number of hydrazone groups is 1. The normalized spacial score (nSPS) is 9.91. The van der Waals surface area contributed by atoms with Crippen LogP contribution in [0.3, 0.4) is 0 Å². The average molecular weight is 505 g/mol. The molecule has 0 heterocycles. The van der Waals surface area contributed by atoms with Gasteiger partial charge in [0, 0.05) is 12.0 Å². The van der Waals surface area contributed by atoms with Crippen molar-refractivity contribution in [2.45, 2.75) is 53.6 Å². The molecule has 190 valence electrons. The van der Waals surface area contributed by atoms with Crippen LogP contribution >= 0.6 is 12.2 Å². The minimum atomic E-state index is -1.20. The fourth-order valence-electron chi connectivity index (χ4n) is 2.68. The third kappa shape index (κ3) is 11.1. The molecular formula is C27H34F2N2O3S. The molecule has 2 N–H and O–H groups in total. The predicted molar refractivity (Wildman–Crippen MR) is 143 cm³/mol. The molecule has 0 aliphatic rings. The van der Waals surface area contributed by atoms with Crippen molar-refractivity contribution in [3.8, 4) is 18.1 Å². The number of carboxylic acids is 1. The van der Waals surface area contributed by atoms with Crippen molar-refractivity contribution in [3.63, 3.8) is 0 Å². The molecule has 0 saturated heterocycles. The van der Waals surface area contributed by atoms with E-state index in [9.17, 15) is 13.6 Å². The first-order valence-corrected chi connectivity index (χ1v) is 11.8. The van der Waals surface area contributed by atoms with Gasteiger partial charge in [-0.3, -0.25) is 10.2 Å². The van der Waals surface area contributed by atoms with E-state index < -0.39 is 25.4 Å². The molecule has 0 unspecified atom stereocenters. The van der Waals surface area contributed by atoms with E-state index in [4.69, 9.17) is 28.5 Å². The van der Waals surface area contributed by atoms with E-state index in [2.05, 4.69) is 16.4 Å². The van der Waals surface area contributed by atoms with Gasteiger partial charge in [-0.2, -0.15) is 5.10 Å². The largest absolute Gasteiger partial charge is 0.484 e. The van der Waals surface area contributed by atoms with Crippen LogP contribution in [0.1, 0.15) is 61.9 Å². The number of hydrogen-bond acceptors (Lipinski definition) is 4. The van der Waals surface area contributed by atoms with Crippen LogP contribution in [-0.4, -0.2) is 41.7 Å². The lowest BCUT2D eigenvalue weighted by molar-refractivity contribution is -0.136. The lowest BCUT2D eigenvalue weighted by Gasteiger charge is -2.15. The standard InChI is InChI=1S/C23H22F2N2O3S.2C2H6/c1-3-17-11-18(7-8-21(17)30-20(12-24)13-25)23(31)27-26-14-19-6-4-16(10-15(19)2)5-9-22(28)29;2*1-2/h1,4,6-8,10-11,14,20H,5,9,12-13H2,2H3,(H,27,31)(H,28,29);2*1-2H3/b26-14+;;. The van der Waals surface area contributed by atoms with Crippen LogP contribution in [-0.2, 0) is 11.2 Å². The summed E-state index contributed by atoms with van der Waals surface area (Å²) in [5, 5.41) is 12.9. The van der Waals surface area contributed by atoms with Crippen LogP contribution in [0.5, 0.6) is 5.75 Å². The summed E-state index contributed by atoms with van der Waals surface area (Å²) in [7, 11) is 0. The number of hydrogen-bond donors (Lipinski definition) is 2. The highest BCUT2D eigenvalue weighted by Crippen LogP contribution is 2.21. The van der Waals surface area contributed by atoms with Gasteiger partial charge in [0.2, 0.25) is 0 Å². The van der Waals surface area contributed by atoms with Crippen molar-refractivity contribution >= 4 is 29.4 Å². The summed E-state index contributed by atoms with van der Waals surface area (Å²) in [6.45, 7) is 7.98. The van der Waals surface area contributed by atoms with E-state index in [1.54, 1.807) is 18.3 Å². The molecule has 0 radical (unpaired) electrons. The fourth-order valence-corrected chi connectivity index (χ4v) is 2.86. The van der Waals surface area contributed by atoms with Crippen molar-refractivity contribution in [1.29, 1.82) is 0 Å². The van der Waals surface area contributed by atoms with Crippen LogP contribution in [0, 0.1) is 19.3 Å². The molecule has 35 heavy (non-hydrogen) atoms. The number of carboxylic acid groups (broad SMARTS) is 1. The molecular weight excluding hydrogens is 470 g/mol. The number of aryl methyl sites for hydroxylation is 2. The molecule has 0 aliphatic heterocycles. The van der Waals surface area contributed by atoms with Gasteiger partial charge in [0.15, 0.2) is 6.10 Å². The molecule has 0 atom stereocenters. The number of ether oxygens (including phenoxy) is 1. The highest BCUT2D eigenvalue weighted by Gasteiger charge is 2.13. The maximum absolute atomic E-state index is 12.7. The number of benzene rings is 2. The number of terminal acetylenes is 1. The second-order valence-corrected chi connectivity index (χ2v) is 7.10. The van der Waals surface area contributed by atoms with Gasteiger partial charge in [0.05, 0.1) is 11.8 Å². The van der Waals surface area contributed by atoms with E-state index in [1.807, 2.05) is 52.8 Å². The Kier molecular flexibility index (Phi) is 16.4. The number of alkyl halides is 2. The van der Waals surface area contributed by atoms with Crippen LogP contribution in [0.15, 0.2) is 41.5 Å². The monoisotopic (exact) mass is 504 g/mol. The van der Waals surface area contributed by atoms with Gasteiger partial charge in [-0.05, 0) is 48.2 Å². The van der Waals surface area contributed by atoms with E-state index in [-0.39, 0.29) is 12.2 Å². The molecule has 0 amide bonds. The van der Waals surface area contributed by atoms with E-state index in [0.717, 1.165) is 16.7 Å². The molecule has 8 heteroatoms. The summed E-state index contributed by atoms with van der Waals surface area (Å²) < 4.78 is 30.6. The number of thiocarbonyl (C=S) groups is 1. The lowest BCUT2D eigenvalue weighted by atomic mass is 10.0. The molecule has 2 aromatic rings. The smallest absolute Gasteiger partial charge is 0.303 e. The highest BCUT2D eigenvalue weighted by molar-refractivity contribution is 7.80. The number of carbonyl (C=O) groups is 1. The summed E-state index contributed by atoms with van der Waals surface area (Å²) >= 11 is 5.32. The van der Waals surface area contributed by atoms with E-state index >= 15 is 0 Å². The van der Waals surface area contributed by atoms with Crippen molar-refractivity contribution in [1.82, 2.24) is 5.43 Å². The Morgan fingerprint density at radius 2 is 1.86 bits per heavy atom. The van der Waals surface area contributed by atoms with E-state index in [1.165, 1.54) is 6.07 Å². The lowest BCUT2D eigenvalue weighted by Crippen LogP contribution is -2.22. The zero-order chi connectivity index (χ0) is 26.8. The highest BCUT2D eigenvalue weighted by atomic mass is 32.1. The van der Waals surface area contributed by atoms with Gasteiger partial charge in [-0.15, -0.1) is 6.42 Å². The third-order valence-electron chi connectivity index (χ3n) is 4.37. The Balaban J connectivity index is 0.00000274. The zero-order valence-corrected chi connectivity index (χ0v) is 21.7. The first-order chi connectivity index (χ1) is 16.9. The predicted octanol–water partition coefficient (Wildman–Crippen LogP) is 6.03. The fraction of sp³-hybridized carbons (Fsp3) is 0.370. The van der Waals surface area contributed by atoms with Gasteiger partial charge < -0.3 is 9.84 Å². The Morgan fingerprint density at radius 1 is 1.20 bits per heavy atom. The quantitative estimate of drug-likeness (QED) is 0.179. The molecule has 0 saturated carbocycles. The maximum Gasteiger partial charge on any atom is 0.303 e. The number of nitrogens with zero attached hydrogens (tertiary/aromatic N) is 1. The van der Waals surface area contributed by atoms with Crippen LogP contribution in [0.4, 0.5) is 8.78 Å². The Morgan fingerprint density at radius 3 is 2.40 bits per heavy atom. The first kappa shape index (κ1) is 31.7. The molecule has 5 nitrogen and oxygen atoms in total. The molecule has 2 aromatic carbocycles. The second kappa shape index (κ2) is 18.1. The third-order valence-corrected chi connectivity index (χ3v) is 4.69. The van der Waals surface area contributed by atoms with Crippen molar-refractivity contribution in [2.75, 3.05) is 13.3 Å². The summed E-state index contributed by atoms with van der Waals surface area (Å²) in [6.07, 6.45) is 6.42. The molecule has 0 aliphatic carbocycles. The first-order valence-electron chi connectivity index (χ1n) is 11.4. The molecule has 0 aromatic heterocycles. The molecule has 0 fully saturated rings. The maximum atomic E-state index is 12.7.